The molecule has 0 aromatic carbocycles. The second kappa shape index (κ2) is 7.28. The van der Waals surface area contributed by atoms with Crippen molar-refractivity contribution in [3.63, 3.8) is 0 Å². The average molecular weight is 387 g/mol. The average Bonchev–Trinajstić information content (AvgIpc) is 3.05. The summed E-state index contributed by atoms with van der Waals surface area (Å²) in [5.41, 5.74) is 1.29. The van der Waals surface area contributed by atoms with Gasteiger partial charge in [-0.1, -0.05) is 40.5 Å². The quantitative estimate of drug-likeness (QED) is 0.478. The predicted octanol–water partition coefficient (Wildman–Crippen LogP) is 7.49. The number of hydrogen-bond acceptors (Lipinski definition) is 1. The Morgan fingerprint density at radius 1 is 0.786 bits per heavy atom. The summed E-state index contributed by atoms with van der Waals surface area (Å²) in [5.74, 6) is 6.61. The van der Waals surface area contributed by atoms with E-state index in [1.165, 1.54) is 57.8 Å². The molecule has 1 nitrogen and oxygen atoms in total. The molecule has 0 N–H and O–H groups in total. The molecule has 5 aliphatic rings. The Kier molecular flexibility index (Phi) is 5.17. The first-order valence-electron chi connectivity index (χ1n) is 13.0. The summed E-state index contributed by atoms with van der Waals surface area (Å²) in [6, 6.07) is 0. The molecule has 160 valence electrons. The van der Waals surface area contributed by atoms with Gasteiger partial charge < -0.3 is 4.74 Å². The molecule has 4 saturated carbocycles. The highest BCUT2D eigenvalue weighted by atomic mass is 16.5. The summed E-state index contributed by atoms with van der Waals surface area (Å²) < 4.78 is 6.38. The molecule has 1 aliphatic heterocycles. The van der Waals surface area contributed by atoms with Crippen LogP contribution in [-0.4, -0.2) is 12.7 Å². The van der Waals surface area contributed by atoms with Gasteiger partial charge in [0.1, 0.15) is 0 Å². The van der Waals surface area contributed by atoms with Gasteiger partial charge in [-0.15, -0.1) is 0 Å². The summed E-state index contributed by atoms with van der Waals surface area (Å²) in [4.78, 5) is 0. The van der Waals surface area contributed by atoms with Gasteiger partial charge in [-0.25, -0.2) is 0 Å². The molecule has 0 bridgehead atoms. The molecule has 0 spiro atoms. The van der Waals surface area contributed by atoms with Crippen LogP contribution in [0.5, 0.6) is 0 Å². The minimum atomic E-state index is 0.543. The Hall–Kier alpha value is -0.0400. The van der Waals surface area contributed by atoms with Crippen LogP contribution < -0.4 is 0 Å². The van der Waals surface area contributed by atoms with Gasteiger partial charge in [0, 0.05) is 6.61 Å². The normalized spacial score (nSPS) is 55.1. The maximum absolute atomic E-state index is 6.38. The first kappa shape index (κ1) is 19.9. The van der Waals surface area contributed by atoms with Crippen molar-refractivity contribution < 1.29 is 4.74 Å². The van der Waals surface area contributed by atoms with E-state index in [1.54, 1.807) is 19.3 Å². The molecule has 1 heteroatoms. The minimum Gasteiger partial charge on any atom is -0.378 e. The molecule has 4 unspecified atom stereocenters. The summed E-state index contributed by atoms with van der Waals surface area (Å²) >= 11 is 0. The van der Waals surface area contributed by atoms with Crippen LogP contribution in [0.25, 0.3) is 0 Å². The van der Waals surface area contributed by atoms with Crippen LogP contribution >= 0.6 is 0 Å². The Balaban J connectivity index is 1.34. The zero-order chi connectivity index (χ0) is 19.5. The van der Waals surface area contributed by atoms with E-state index >= 15 is 0 Å². The maximum Gasteiger partial charge on any atom is 0.0603 e. The highest BCUT2D eigenvalue weighted by Gasteiger charge is 2.60. The van der Waals surface area contributed by atoms with Crippen LogP contribution in [0.2, 0.25) is 0 Å². The molecule has 0 aromatic rings. The van der Waals surface area contributed by atoms with Crippen molar-refractivity contribution in [1.29, 1.82) is 0 Å². The topological polar surface area (TPSA) is 9.23 Å². The highest BCUT2D eigenvalue weighted by molar-refractivity contribution is 5.09. The van der Waals surface area contributed by atoms with Crippen molar-refractivity contribution in [2.24, 2.45) is 52.3 Å². The first-order chi connectivity index (χ1) is 13.4. The Bertz CT molecular complexity index is 563. The van der Waals surface area contributed by atoms with E-state index in [0.29, 0.717) is 16.9 Å². The van der Waals surface area contributed by atoms with Gasteiger partial charge in [-0.2, -0.15) is 0 Å². The Labute approximate surface area is 174 Å². The van der Waals surface area contributed by atoms with Gasteiger partial charge >= 0.3 is 0 Å². The van der Waals surface area contributed by atoms with Gasteiger partial charge in [0.05, 0.1) is 6.10 Å². The highest BCUT2D eigenvalue weighted by Crippen LogP contribution is 2.68. The third kappa shape index (κ3) is 2.96. The fraction of sp³-hybridized carbons (Fsp3) is 1.00. The van der Waals surface area contributed by atoms with Gasteiger partial charge in [0.15, 0.2) is 0 Å². The molecular formula is C27H46O. The summed E-state index contributed by atoms with van der Waals surface area (Å²) in [6.45, 7) is 11.4. The summed E-state index contributed by atoms with van der Waals surface area (Å²) in [6.07, 6.45) is 18.5. The smallest absolute Gasteiger partial charge is 0.0603 e. The predicted molar refractivity (Wildman–Crippen MR) is 117 cm³/mol. The number of hydrogen-bond donors (Lipinski definition) is 0. The van der Waals surface area contributed by atoms with Crippen molar-refractivity contribution in [2.75, 3.05) is 6.61 Å². The fourth-order valence-electron chi connectivity index (χ4n) is 9.78. The maximum atomic E-state index is 6.38. The SMILES string of the molecule is CC1CCC(C(C)[C@H]2CC[C@H]3[C@@H]4CCC5CCCC[C@]5(C)[C@H]4CC[C@]23C)OC1. The van der Waals surface area contributed by atoms with Gasteiger partial charge in [0.2, 0.25) is 0 Å². The molecular weight excluding hydrogens is 340 g/mol. The van der Waals surface area contributed by atoms with Crippen LogP contribution in [-0.2, 0) is 4.74 Å². The minimum absolute atomic E-state index is 0.543. The molecule has 28 heavy (non-hydrogen) atoms. The van der Waals surface area contributed by atoms with E-state index in [9.17, 15) is 0 Å². The Morgan fingerprint density at radius 2 is 1.61 bits per heavy atom. The van der Waals surface area contributed by atoms with E-state index in [4.69, 9.17) is 4.74 Å². The number of fused-ring (bicyclic) bond motifs is 5. The zero-order valence-electron chi connectivity index (χ0n) is 19.2. The molecule has 0 aromatic heterocycles. The molecule has 4 aliphatic carbocycles. The standard InChI is InChI=1S/C27H46O/c1-18-8-13-25(28-17-18)19(2)22-11-12-23-21-10-9-20-7-5-6-15-26(20,3)24(21)14-16-27(22,23)4/h18-25H,5-17H2,1-4H3/t18?,19?,20?,21-,22+,23-,24-,25?,26-,27+/m0/s1. The zero-order valence-corrected chi connectivity index (χ0v) is 19.2. The number of rotatable bonds is 2. The molecule has 0 radical (unpaired) electrons. The van der Waals surface area contributed by atoms with Crippen molar-refractivity contribution in [2.45, 2.75) is 111 Å². The Morgan fingerprint density at radius 3 is 2.39 bits per heavy atom. The third-order valence-electron chi connectivity index (χ3n) is 11.4. The molecule has 1 saturated heterocycles. The van der Waals surface area contributed by atoms with Crippen LogP contribution in [0, 0.1) is 52.3 Å². The molecule has 10 atom stereocenters. The van der Waals surface area contributed by atoms with E-state index < -0.39 is 0 Å². The van der Waals surface area contributed by atoms with Crippen LogP contribution in [0.4, 0.5) is 0 Å². The molecule has 5 fully saturated rings. The fourth-order valence-corrected chi connectivity index (χ4v) is 9.78. The van der Waals surface area contributed by atoms with Crippen molar-refractivity contribution in [1.82, 2.24) is 0 Å². The second-order valence-electron chi connectivity index (χ2n) is 12.5. The lowest BCUT2D eigenvalue weighted by molar-refractivity contribution is -0.125. The van der Waals surface area contributed by atoms with E-state index in [0.717, 1.165) is 48.0 Å². The number of ether oxygens (including phenoxy) is 1. The van der Waals surface area contributed by atoms with Crippen LogP contribution in [0.1, 0.15) is 105 Å². The lowest BCUT2D eigenvalue weighted by Crippen LogP contribution is -2.53. The summed E-state index contributed by atoms with van der Waals surface area (Å²) in [5, 5.41) is 0. The molecule has 0 amide bonds. The van der Waals surface area contributed by atoms with E-state index in [-0.39, 0.29) is 0 Å². The van der Waals surface area contributed by atoms with E-state index in [2.05, 4.69) is 27.7 Å². The van der Waals surface area contributed by atoms with Gasteiger partial charge in [-0.3, -0.25) is 0 Å². The van der Waals surface area contributed by atoms with Gasteiger partial charge in [-0.05, 0) is 116 Å². The van der Waals surface area contributed by atoms with Crippen LogP contribution in [0.3, 0.4) is 0 Å². The van der Waals surface area contributed by atoms with E-state index in [1.807, 2.05) is 0 Å². The largest absolute Gasteiger partial charge is 0.378 e. The molecule has 1 heterocycles. The van der Waals surface area contributed by atoms with Crippen LogP contribution in [0.15, 0.2) is 0 Å². The molecule has 5 rings (SSSR count). The van der Waals surface area contributed by atoms with Gasteiger partial charge in [0.25, 0.3) is 0 Å². The van der Waals surface area contributed by atoms with Crippen molar-refractivity contribution in [3.8, 4) is 0 Å². The lowest BCUT2D eigenvalue weighted by Gasteiger charge is -2.61. The van der Waals surface area contributed by atoms with Crippen molar-refractivity contribution in [3.05, 3.63) is 0 Å². The van der Waals surface area contributed by atoms with Crippen molar-refractivity contribution >= 4 is 0 Å². The first-order valence-corrected chi connectivity index (χ1v) is 13.0. The third-order valence-corrected chi connectivity index (χ3v) is 11.4. The summed E-state index contributed by atoms with van der Waals surface area (Å²) in [7, 11) is 0. The monoisotopic (exact) mass is 386 g/mol. The lowest BCUT2D eigenvalue weighted by atomic mass is 9.44. The second-order valence-corrected chi connectivity index (χ2v) is 12.5.